The molecular weight excluding hydrogens is 654 g/mol. The maximum atomic E-state index is 12.7. The summed E-state index contributed by atoms with van der Waals surface area (Å²) in [7, 11) is 5.40. The van der Waals surface area contributed by atoms with Crippen LogP contribution in [0, 0.1) is 0 Å². The van der Waals surface area contributed by atoms with Crippen LogP contribution in [0.4, 0.5) is 0 Å². The van der Waals surface area contributed by atoms with Gasteiger partial charge >= 0.3 is 11.9 Å². The molecule has 8 heteroatoms. The average molecular weight is 736 g/mol. The minimum atomic E-state index is -1.13. The minimum Gasteiger partial charge on any atom is -0.544 e. The molecule has 0 rings (SSSR count). The highest BCUT2D eigenvalue weighted by Gasteiger charge is 2.25. The first-order valence-corrected chi connectivity index (χ1v) is 21.4. The van der Waals surface area contributed by atoms with Gasteiger partial charge in [0.1, 0.15) is 12.6 Å². The van der Waals surface area contributed by atoms with Crippen molar-refractivity contribution < 1.29 is 38.2 Å². The summed E-state index contributed by atoms with van der Waals surface area (Å²) in [6, 6.07) is -0.725. The number of carboxylic acid groups (broad SMARTS) is 1. The summed E-state index contributed by atoms with van der Waals surface area (Å²) in [6.07, 6.45) is 37.6. The normalized spacial score (nSPS) is 13.2. The summed E-state index contributed by atoms with van der Waals surface area (Å²) in [5.41, 5.74) is 0. The molecule has 0 heterocycles. The van der Waals surface area contributed by atoms with Gasteiger partial charge in [-0.05, 0) is 44.9 Å². The van der Waals surface area contributed by atoms with Gasteiger partial charge in [-0.25, -0.2) is 0 Å². The highest BCUT2D eigenvalue weighted by Crippen LogP contribution is 2.14. The van der Waals surface area contributed by atoms with Crippen LogP contribution in [0.15, 0.2) is 24.3 Å². The van der Waals surface area contributed by atoms with E-state index < -0.39 is 18.1 Å². The van der Waals surface area contributed by atoms with Crippen molar-refractivity contribution in [1.29, 1.82) is 0 Å². The van der Waals surface area contributed by atoms with Crippen molar-refractivity contribution in [2.24, 2.45) is 0 Å². The number of rotatable bonds is 38. The summed E-state index contributed by atoms with van der Waals surface area (Å²) in [6.45, 7) is 4.62. The van der Waals surface area contributed by atoms with Gasteiger partial charge in [-0.15, -0.1) is 0 Å². The molecule has 0 aliphatic heterocycles. The summed E-state index contributed by atoms with van der Waals surface area (Å²) >= 11 is 0. The fourth-order valence-electron chi connectivity index (χ4n) is 6.22. The highest BCUT2D eigenvalue weighted by molar-refractivity contribution is 5.70. The van der Waals surface area contributed by atoms with Crippen LogP contribution in [-0.2, 0) is 28.6 Å². The lowest BCUT2D eigenvalue weighted by Gasteiger charge is -2.34. The van der Waals surface area contributed by atoms with Crippen molar-refractivity contribution in [1.82, 2.24) is 0 Å². The van der Waals surface area contributed by atoms with E-state index in [-0.39, 0.29) is 42.7 Å². The monoisotopic (exact) mass is 736 g/mol. The van der Waals surface area contributed by atoms with E-state index in [1.54, 1.807) is 21.1 Å². The third kappa shape index (κ3) is 33.6. The number of esters is 2. The van der Waals surface area contributed by atoms with Gasteiger partial charge in [-0.3, -0.25) is 9.59 Å². The lowest BCUT2D eigenvalue weighted by atomic mass is 10.0. The predicted octanol–water partition coefficient (Wildman–Crippen LogP) is 9.97. The molecule has 52 heavy (non-hydrogen) atoms. The third-order valence-electron chi connectivity index (χ3n) is 9.59. The number of hydrogen-bond acceptors (Lipinski definition) is 7. The molecule has 0 saturated carbocycles. The molecule has 0 fully saturated rings. The van der Waals surface area contributed by atoms with Crippen molar-refractivity contribution in [2.75, 3.05) is 41.0 Å². The molecule has 0 bridgehead atoms. The number of carbonyl (C=O) groups excluding carboxylic acids is 3. The van der Waals surface area contributed by atoms with Gasteiger partial charge in [0.05, 0.1) is 40.3 Å². The molecular formula is C44H81NO7. The molecule has 0 aliphatic carbocycles. The Bertz CT molecular complexity index is 911. The predicted molar refractivity (Wildman–Crippen MR) is 213 cm³/mol. The van der Waals surface area contributed by atoms with Crippen molar-refractivity contribution in [3.8, 4) is 0 Å². The SMILES string of the molecule is CCCCC/C=C\C/C=C\CCCCCCCC(=O)OC(COCC[C@@H](C(=O)[O-])[N+](C)(C)C)COC(=O)CCCCCCCCCCCCCCC. The number of carbonyl (C=O) groups is 3. The Morgan fingerprint density at radius 2 is 1.02 bits per heavy atom. The van der Waals surface area contributed by atoms with Crippen LogP contribution in [0.25, 0.3) is 0 Å². The van der Waals surface area contributed by atoms with E-state index in [9.17, 15) is 19.5 Å². The average Bonchev–Trinajstić information content (AvgIpc) is 3.09. The van der Waals surface area contributed by atoms with Crippen LogP contribution in [-0.4, -0.2) is 75.5 Å². The molecule has 0 aromatic carbocycles. The number of hydrogen-bond donors (Lipinski definition) is 0. The summed E-state index contributed by atoms with van der Waals surface area (Å²) in [5, 5.41) is 11.6. The van der Waals surface area contributed by atoms with Crippen molar-refractivity contribution in [3.05, 3.63) is 24.3 Å². The molecule has 304 valence electrons. The van der Waals surface area contributed by atoms with Gasteiger partial charge in [0.15, 0.2) is 6.10 Å². The Balaban J connectivity index is 4.38. The van der Waals surface area contributed by atoms with Crippen molar-refractivity contribution in [3.63, 3.8) is 0 Å². The van der Waals surface area contributed by atoms with E-state index in [2.05, 4.69) is 38.2 Å². The molecule has 0 saturated heterocycles. The molecule has 0 N–H and O–H groups in total. The van der Waals surface area contributed by atoms with Crippen molar-refractivity contribution >= 4 is 17.9 Å². The number of unbranched alkanes of at least 4 members (excludes halogenated alkanes) is 20. The van der Waals surface area contributed by atoms with E-state index in [1.807, 2.05) is 0 Å². The fourth-order valence-corrected chi connectivity index (χ4v) is 6.22. The molecule has 0 aromatic rings. The molecule has 0 radical (unpaired) electrons. The van der Waals surface area contributed by atoms with Gasteiger partial charge < -0.3 is 28.6 Å². The van der Waals surface area contributed by atoms with Crippen molar-refractivity contribution in [2.45, 2.75) is 199 Å². The lowest BCUT2D eigenvalue weighted by molar-refractivity contribution is -0.889. The zero-order valence-electron chi connectivity index (χ0n) is 34.5. The second-order valence-electron chi connectivity index (χ2n) is 15.6. The summed E-state index contributed by atoms with van der Waals surface area (Å²) < 4.78 is 17.1. The number of nitrogens with zero attached hydrogens (tertiary/aromatic N) is 1. The summed E-state index contributed by atoms with van der Waals surface area (Å²) in [4.78, 5) is 36.8. The van der Waals surface area contributed by atoms with Gasteiger partial charge in [-0.1, -0.05) is 147 Å². The molecule has 0 amide bonds. The van der Waals surface area contributed by atoms with Gasteiger partial charge in [0, 0.05) is 19.3 Å². The van der Waals surface area contributed by atoms with E-state index >= 15 is 0 Å². The maximum Gasteiger partial charge on any atom is 0.306 e. The van der Waals surface area contributed by atoms with Crippen LogP contribution in [0.1, 0.15) is 187 Å². The highest BCUT2D eigenvalue weighted by atomic mass is 16.6. The number of aliphatic carboxylic acids is 1. The Hall–Kier alpha value is -2.19. The second kappa shape index (κ2) is 35.8. The van der Waals surface area contributed by atoms with Crippen LogP contribution < -0.4 is 5.11 Å². The zero-order chi connectivity index (χ0) is 38.5. The van der Waals surface area contributed by atoms with Gasteiger partial charge in [-0.2, -0.15) is 0 Å². The Morgan fingerprint density at radius 3 is 1.52 bits per heavy atom. The largest absolute Gasteiger partial charge is 0.544 e. The van der Waals surface area contributed by atoms with E-state index in [1.165, 1.54) is 89.9 Å². The number of allylic oxidation sites excluding steroid dienone is 4. The smallest absolute Gasteiger partial charge is 0.306 e. The standard InChI is InChI=1S/C44H81NO7/c1-6-8-10-12-14-16-18-20-21-23-25-27-29-31-33-35-43(47)52-40(38-50-37-36-41(44(48)49)45(3,4)5)39-51-42(46)34-32-30-28-26-24-22-19-17-15-13-11-9-7-2/h14,16,20-21,40-41H,6-13,15,17-19,22-39H2,1-5H3/b16-14-,21-20-/t40?,41-/m0/s1. The lowest BCUT2D eigenvalue weighted by Crippen LogP contribution is -2.55. The number of carboxylic acids is 1. The number of likely N-dealkylation sites (N-methyl/N-ethyl adjacent to an activating group) is 1. The van der Waals surface area contributed by atoms with Crippen LogP contribution in [0.3, 0.4) is 0 Å². The third-order valence-corrected chi connectivity index (χ3v) is 9.59. The number of quaternary nitrogens is 1. The topological polar surface area (TPSA) is 102 Å². The van der Waals surface area contributed by atoms with Gasteiger partial charge in [0.25, 0.3) is 0 Å². The second-order valence-corrected chi connectivity index (χ2v) is 15.6. The Kier molecular flexibility index (Phi) is 34.3. The van der Waals surface area contributed by atoms with Crippen LogP contribution in [0.2, 0.25) is 0 Å². The first-order valence-electron chi connectivity index (χ1n) is 21.4. The molecule has 0 spiro atoms. The molecule has 0 aliphatic rings. The molecule has 1 unspecified atom stereocenters. The molecule has 0 aromatic heterocycles. The Labute approximate surface area is 320 Å². The van der Waals surface area contributed by atoms with Crippen LogP contribution in [0.5, 0.6) is 0 Å². The first-order chi connectivity index (χ1) is 25.1. The Morgan fingerprint density at radius 1 is 0.577 bits per heavy atom. The van der Waals surface area contributed by atoms with E-state index in [0.717, 1.165) is 64.2 Å². The van der Waals surface area contributed by atoms with Gasteiger partial charge in [0.2, 0.25) is 0 Å². The zero-order valence-corrected chi connectivity index (χ0v) is 34.5. The van der Waals surface area contributed by atoms with E-state index in [0.29, 0.717) is 12.8 Å². The molecule has 2 atom stereocenters. The number of ether oxygens (including phenoxy) is 3. The minimum absolute atomic E-state index is 0.0385. The summed E-state index contributed by atoms with van der Waals surface area (Å²) in [5.74, 6) is -1.75. The quantitative estimate of drug-likeness (QED) is 0.0269. The molecule has 8 nitrogen and oxygen atoms in total. The van der Waals surface area contributed by atoms with Crippen LogP contribution >= 0.6 is 0 Å². The maximum absolute atomic E-state index is 12.7. The first kappa shape index (κ1) is 49.8. The fraction of sp³-hybridized carbons (Fsp3) is 0.841. The van der Waals surface area contributed by atoms with E-state index in [4.69, 9.17) is 14.2 Å².